The van der Waals surface area contributed by atoms with Crippen LogP contribution in [0.3, 0.4) is 0 Å². The van der Waals surface area contributed by atoms with E-state index in [9.17, 15) is 4.79 Å². The molecule has 3 atom stereocenters. The van der Waals surface area contributed by atoms with E-state index in [2.05, 4.69) is 63.8 Å². The molecular formula is C16H33N3O. The van der Waals surface area contributed by atoms with Gasteiger partial charge >= 0.3 is 0 Å². The number of carbonyl (C=O) groups excluding carboxylic acids is 1. The average Bonchev–Trinajstić information content (AvgIpc) is 2.67. The second-order valence-corrected chi connectivity index (χ2v) is 7.01. The van der Waals surface area contributed by atoms with Crippen molar-refractivity contribution in [3.05, 3.63) is 0 Å². The summed E-state index contributed by atoms with van der Waals surface area (Å²) in [6.07, 6.45) is 3.36. The highest BCUT2D eigenvalue weighted by molar-refractivity contribution is 5.84. The van der Waals surface area contributed by atoms with Crippen molar-refractivity contribution >= 4 is 5.91 Å². The SMILES string of the molecule is CCCC1NC(C(C)CC)C(=O)N1CC(C)(C)N(C)C. The van der Waals surface area contributed by atoms with Crippen LogP contribution in [0.15, 0.2) is 0 Å². The van der Waals surface area contributed by atoms with Crippen LogP contribution in [0.25, 0.3) is 0 Å². The Kier molecular flexibility index (Phi) is 6.02. The number of hydrogen-bond donors (Lipinski definition) is 1. The van der Waals surface area contributed by atoms with Gasteiger partial charge in [-0.3, -0.25) is 10.1 Å². The molecule has 1 aliphatic heterocycles. The molecule has 1 aliphatic rings. The summed E-state index contributed by atoms with van der Waals surface area (Å²) in [6, 6.07) is -0.00508. The number of hydrogen-bond acceptors (Lipinski definition) is 3. The van der Waals surface area contributed by atoms with Gasteiger partial charge in [0, 0.05) is 12.1 Å². The lowest BCUT2D eigenvalue weighted by atomic mass is 9.98. The predicted molar refractivity (Wildman–Crippen MR) is 84.6 cm³/mol. The topological polar surface area (TPSA) is 35.6 Å². The lowest BCUT2D eigenvalue weighted by Crippen LogP contribution is -2.52. The van der Waals surface area contributed by atoms with Crippen molar-refractivity contribution < 1.29 is 4.79 Å². The molecule has 0 aromatic rings. The zero-order valence-electron chi connectivity index (χ0n) is 14.4. The van der Waals surface area contributed by atoms with E-state index in [1.807, 2.05) is 0 Å². The van der Waals surface area contributed by atoms with E-state index in [0.717, 1.165) is 25.8 Å². The molecule has 3 unspecified atom stereocenters. The first-order chi connectivity index (χ1) is 9.24. The van der Waals surface area contributed by atoms with Crippen LogP contribution in [-0.2, 0) is 4.79 Å². The Labute approximate surface area is 124 Å². The van der Waals surface area contributed by atoms with Crippen molar-refractivity contribution in [1.29, 1.82) is 0 Å². The maximum atomic E-state index is 12.7. The lowest BCUT2D eigenvalue weighted by Gasteiger charge is -2.38. The smallest absolute Gasteiger partial charge is 0.241 e. The molecule has 0 spiro atoms. The van der Waals surface area contributed by atoms with Crippen molar-refractivity contribution in [2.75, 3.05) is 20.6 Å². The first-order valence-corrected chi connectivity index (χ1v) is 7.98. The summed E-state index contributed by atoms with van der Waals surface area (Å²) >= 11 is 0. The summed E-state index contributed by atoms with van der Waals surface area (Å²) < 4.78 is 0. The van der Waals surface area contributed by atoms with E-state index in [4.69, 9.17) is 0 Å². The second kappa shape index (κ2) is 6.90. The van der Waals surface area contributed by atoms with Crippen LogP contribution in [0.4, 0.5) is 0 Å². The van der Waals surface area contributed by atoms with Crippen LogP contribution in [0.5, 0.6) is 0 Å². The Balaban J connectivity index is 2.87. The van der Waals surface area contributed by atoms with Crippen molar-refractivity contribution in [3.63, 3.8) is 0 Å². The Hall–Kier alpha value is -0.610. The molecule has 4 nitrogen and oxygen atoms in total. The summed E-state index contributed by atoms with van der Waals surface area (Å²) in [4.78, 5) is 17.0. The van der Waals surface area contributed by atoms with Gasteiger partial charge in [0.05, 0.1) is 12.2 Å². The summed E-state index contributed by atoms with van der Waals surface area (Å²) in [7, 11) is 4.16. The molecule has 0 bridgehead atoms. The van der Waals surface area contributed by atoms with Gasteiger partial charge in [-0.2, -0.15) is 0 Å². The molecule has 1 N–H and O–H groups in total. The molecule has 1 fully saturated rings. The average molecular weight is 283 g/mol. The van der Waals surface area contributed by atoms with E-state index in [-0.39, 0.29) is 23.7 Å². The highest BCUT2D eigenvalue weighted by Gasteiger charge is 2.42. The second-order valence-electron chi connectivity index (χ2n) is 7.01. The van der Waals surface area contributed by atoms with E-state index in [1.54, 1.807) is 0 Å². The van der Waals surface area contributed by atoms with Crippen LogP contribution < -0.4 is 5.32 Å². The van der Waals surface area contributed by atoms with Gasteiger partial charge < -0.3 is 9.80 Å². The molecule has 0 saturated carbocycles. The third-order valence-electron chi connectivity index (χ3n) is 4.84. The molecule has 0 aromatic heterocycles. The quantitative estimate of drug-likeness (QED) is 0.779. The third kappa shape index (κ3) is 3.73. The minimum absolute atomic E-state index is 0.00508. The number of rotatable bonds is 7. The summed E-state index contributed by atoms with van der Waals surface area (Å²) in [5.74, 6) is 0.682. The number of carbonyl (C=O) groups is 1. The number of amides is 1. The summed E-state index contributed by atoms with van der Waals surface area (Å²) in [5, 5.41) is 3.56. The van der Waals surface area contributed by atoms with Gasteiger partial charge in [0.2, 0.25) is 5.91 Å². The van der Waals surface area contributed by atoms with E-state index < -0.39 is 0 Å². The van der Waals surface area contributed by atoms with Gasteiger partial charge in [0.1, 0.15) is 0 Å². The predicted octanol–water partition coefficient (Wildman–Crippen LogP) is 2.30. The Bertz CT molecular complexity index is 328. The molecule has 0 aromatic carbocycles. The minimum Gasteiger partial charge on any atom is -0.324 e. The minimum atomic E-state index is -0.00628. The molecule has 0 radical (unpaired) electrons. The Morgan fingerprint density at radius 1 is 1.35 bits per heavy atom. The number of nitrogens with one attached hydrogen (secondary N) is 1. The summed E-state index contributed by atoms with van der Waals surface area (Å²) in [6.45, 7) is 11.7. The highest BCUT2D eigenvalue weighted by Crippen LogP contribution is 2.24. The normalized spacial score (nSPS) is 25.6. The fourth-order valence-corrected chi connectivity index (χ4v) is 2.60. The zero-order chi connectivity index (χ0) is 15.5. The molecule has 1 heterocycles. The van der Waals surface area contributed by atoms with Gasteiger partial charge in [0.15, 0.2) is 0 Å². The van der Waals surface area contributed by atoms with Crippen LogP contribution in [-0.4, -0.2) is 54.1 Å². The molecule has 20 heavy (non-hydrogen) atoms. The van der Waals surface area contributed by atoms with Gasteiger partial charge in [-0.05, 0) is 40.3 Å². The first-order valence-electron chi connectivity index (χ1n) is 7.98. The van der Waals surface area contributed by atoms with Gasteiger partial charge in [0.25, 0.3) is 0 Å². The molecule has 118 valence electrons. The van der Waals surface area contributed by atoms with Crippen molar-refractivity contribution in [3.8, 4) is 0 Å². The zero-order valence-corrected chi connectivity index (χ0v) is 14.4. The molecular weight excluding hydrogens is 250 g/mol. The standard InChI is InChI=1S/C16H33N3O/c1-8-10-13-17-14(12(3)9-2)15(20)19(13)11-16(4,5)18(6)7/h12-14,17H,8-11H2,1-7H3. The maximum Gasteiger partial charge on any atom is 0.241 e. The van der Waals surface area contributed by atoms with E-state index >= 15 is 0 Å². The van der Waals surface area contributed by atoms with Crippen LogP contribution >= 0.6 is 0 Å². The maximum absolute atomic E-state index is 12.7. The molecule has 1 saturated heterocycles. The summed E-state index contributed by atoms with van der Waals surface area (Å²) in [5.41, 5.74) is -0.00628. The Morgan fingerprint density at radius 2 is 1.95 bits per heavy atom. The van der Waals surface area contributed by atoms with Crippen LogP contribution in [0, 0.1) is 5.92 Å². The van der Waals surface area contributed by atoms with Crippen LogP contribution in [0.1, 0.15) is 53.9 Å². The van der Waals surface area contributed by atoms with Gasteiger partial charge in [-0.15, -0.1) is 0 Å². The largest absolute Gasteiger partial charge is 0.324 e. The van der Waals surface area contributed by atoms with E-state index in [0.29, 0.717) is 5.92 Å². The Morgan fingerprint density at radius 3 is 2.40 bits per heavy atom. The molecule has 1 rings (SSSR count). The number of likely N-dealkylation sites (N-methyl/N-ethyl adjacent to an activating group) is 1. The monoisotopic (exact) mass is 283 g/mol. The first kappa shape index (κ1) is 17.4. The highest BCUT2D eigenvalue weighted by atomic mass is 16.2. The van der Waals surface area contributed by atoms with Crippen molar-refractivity contribution in [2.24, 2.45) is 5.92 Å². The number of nitrogens with zero attached hydrogens (tertiary/aromatic N) is 2. The fourth-order valence-electron chi connectivity index (χ4n) is 2.60. The molecule has 4 heteroatoms. The van der Waals surface area contributed by atoms with Crippen molar-refractivity contribution in [1.82, 2.24) is 15.1 Å². The van der Waals surface area contributed by atoms with Crippen LogP contribution in [0.2, 0.25) is 0 Å². The third-order valence-corrected chi connectivity index (χ3v) is 4.84. The van der Waals surface area contributed by atoms with E-state index in [1.165, 1.54) is 0 Å². The fraction of sp³-hybridized carbons (Fsp3) is 0.938. The van der Waals surface area contributed by atoms with Crippen molar-refractivity contribution in [2.45, 2.75) is 71.6 Å². The van der Waals surface area contributed by atoms with Gasteiger partial charge in [-0.1, -0.05) is 33.6 Å². The molecule has 1 amide bonds. The lowest BCUT2D eigenvalue weighted by molar-refractivity contribution is -0.132. The molecule has 0 aliphatic carbocycles. The van der Waals surface area contributed by atoms with Gasteiger partial charge in [-0.25, -0.2) is 0 Å².